The number of sulfonamides is 1. The Hall–Kier alpha value is -0.950. The van der Waals surface area contributed by atoms with Crippen molar-refractivity contribution in [2.24, 2.45) is 0 Å². The van der Waals surface area contributed by atoms with E-state index < -0.39 is 10.0 Å². The molecule has 0 aromatic carbocycles. The fraction of sp³-hybridized carbons (Fsp3) is 0.308. The van der Waals surface area contributed by atoms with E-state index in [1.54, 1.807) is 38.4 Å². The summed E-state index contributed by atoms with van der Waals surface area (Å²) in [4.78, 5) is 6.09. The zero-order chi connectivity index (χ0) is 14.8. The molecule has 0 amide bonds. The van der Waals surface area contributed by atoms with Crippen LogP contribution in [0.2, 0.25) is 0 Å². The predicted molar refractivity (Wildman–Crippen MR) is 81.5 cm³/mol. The molecule has 0 saturated carbocycles. The van der Waals surface area contributed by atoms with Gasteiger partial charge in [-0.3, -0.25) is 4.98 Å². The molecule has 0 aliphatic rings. The van der Waals surface area contributed by atoms with Gasteiger partial charge in [0, 0.05) is 23.0 Å². The van der Waals surface area contributed by atoms with E-state index in [4.69, 9.17) is 11.6 Å². The second-order valence-corrected chi connectivity index (χ2v) is 7.97. The first kappa shape index (κ1) is 15.4. The van der Waals surface area contributed by atoms with Crippen molar-refractivity contribution in [3.05, 3.63) is 45.9 Å². The highest BCUT2D eigenvalue weighted by Crippen LogP contribution is 2.29. The van der Waals surface area contributed by atoms with Gasteiger partial charge in [0.1, 0.15) is 0 Å². The highest BCUT2D eigenvalue weighted by Gasteiger charge is 2.25. The van der Waals surface area contributed by atoms with Gasteiger partial charge < -0.3 is 0 Å². The Morgan fingerprint density at radius 3 is 2.70 bits per heavy atom. The molecule has 0 aliphatic carbocycles. The van der Waals surface area contributed by atoms with Crippen LogP contribution in [0.3, 0.4) is 0 Å². The van der Waals surface area contributed by atoms with E-state index >= 15 is 0 Å². The summed E-state index contributed by atoms with van der Waals surface area (Å²) in [7, 11) is -1.95. The normalized spacial score (nSPS) is 12.0. The Bertz CT molecular complexity index is 684. The van der Waals surface area contributed by atoms with Crippen LogP contribution in [0.25, 0.3) is 0 Å². The molecule has 2 rings (SSSR count). The predicted octanol–water partition coefficient (Wildman–Crippen LogP) is 3.01. The standard InChI is InChI=1S/C13H15ClN2O2S2/c1-10-13(7-12(8-14)19-10)20(17,18)16(2)9-11-5-3-4-6-15-11/h3-7H,8-9H2,1-2H3. The van der Waals surface area contributed by atoms with Crippen molar-refractivity contribution in [1.29, 1.82) is 0 Å². The van der Waals surface area contributed by atoms with Gasteiger partial charge in [-0.1, -0.05) is 6.07 Å². The van der Waals surface area contributed by atoms with Crippen LogP contribution >= 0.6 is 22.9 Å². The maximum Gasteiger partial charge on any atom is 0.244 e. The molecular formula is C13H15ClN2O2S2. The number of alkyl halides is 1. The van der Waals surface area contributed by atoms with E-state index in [1.165, 1.54) is 15.6 Å². The van der Waals surface area contributed by atoms with E-state index in [2.05, 4.69) is 4.98 Å². The third kappa shape index (κ3) is 3.20. The zero-order valence-electron chi connectivity index (χ0n) is 11.2. The first-order valence-corrected chi connectivity index (χ1v) is 8.76. The maximum atomic E-state index is 12.5. The lowest BCUT2D eigenvalue weighted by atomic mass is 10.3. The second-order valence-electron chi connectivity index (χ2n) is 4.35. The maximum absolute atomic E-state index is 12.5. The summed E-state index contributed by atoms with van der Waals surface area (Å²) < 4.78 is 26.4. The number of hydrogen-bond donors (Lipinski definition) is 0. The van der Waals surface area contributed by atoms with E-state index in [0.29, 0.717) is 16.5 Å². The molecule has 0 bridgehead atoms. The third-order valence-corrected chi connectivity index (χ3v) is 6.41. The Labute approximate surface area is 128 Å². The zero-order valence-corrected chi connectivity index (χ0v) is 13.6. The van der Waals surface area contributed by atoms with Gasteiger partial charge in [-0.2, -0.15) is 4.31 Å². The Morgan fingerprint density at radius 1 is 1.40 bits per heavy atom. The molecule has 0 unspecified atom stereocenters. The number of rotatable bonds is 5. The van der Waals surface area contributed by atoms with E-state index in [9.17, 15) is 8.42 Å². The lowest BCUT2D eigenvalue weighted by Gasteiger charge is -2.16. The van der Waals surface area contributed by atoms with Crippen LogP contribution in [0.15, 0.2) is 35.4 Å². The molecule has 2 aromatic heterocycles. The summed E-state index contributed by atoms with van der Waals surface area (Å²) in [5.74, 6) is 0.324. The van der Waals surface area contributed by atoms with Crippen molar-refractivity contribution in [3.8, 4) is 0 Å². The summed E-state index contributed by atoms with van der Waals surface area (Å²) in [6, 6.07) is 7.09. The van der Waals surface area contributed by atoms with Crippen molar-refractivity contribution >= 4 is 33.0 Å². The van der Waals surface area contributed by atoms with Crippen LogP contribution in [-0.4, -0.2) is 24.8 Å². The number of nitrogens with zero attached hydrogens (tertiary/aromatic N) is 2. The number of aryl methyl sites for hydroxylation is 1. The molecule has 7 heteroatoms. The number of aromatic nitrogens is 1. The van der Waals surface area contributed by atoms with Gasteiger partial charge in [0.2, 0.25) is 10.0 Å². The van der Waals surface area contributed by atoms with Gasteiger partial charge in [-0.15, -0.1) is 22.9 Å². The number of pyridine rings is 1. The fourth-order valence-corrected chi connectivity index (χ4v) is 4.65. The molecule has 0 saturated heterocycles. The van der Waals surface area contributed by atoms with Gasteiger partial charge in [-0.05, 0) is 25.1 Å². The van der Waals surface area contributed by atoms with E-state index in [0.717, 1.165) is 9.75 Å². The lowest BCUT2D eigenvalue weighted by molar-refractivity contribution is 0.462. The van der Waals surface area contributed by atoms with Crippen LogP contribution in [0.1, 0.15) is 15.4 Å². The minimum absolute atomic E-state index is 0.245. The van der Waals surface area contributed by atoms with Crippen LogP contribution in [0, 0.1) is 6.92 Å². The SMILES string of the molecule is Cc1sc(CCl)cc1S(=O)(=O)N(C)Cc1ccccn1. The molecule has 2 aromatic rings. The van der Waals surface area contributed by atoms with Gasteiger partial charge in [0.05, 0.1) is 23.0 Å². The molecule has 0 aliphatic heterocycles. The van der Waals surface area contributed by atoms with Crippen molar-refractivity contribution in [1.82, 2.24) is 9.29 Å². The Kier molecular flexibility index (Phi) is 4.80. The topological polar surface area (TPSA) is 50.3 Å². The number of hydrogen-bond acceptors (Lipinski definition) is 4. The molecule has 0 spiro atoms. The molecule has 0 N–H and O–H groups in total. The summed E-state index contributed by atoms with van der Waals surface area (Å²) in [5.41, 5.74) is 0.712. The van der Waals surface area contributed by atoms with Crippen LogP contribution in [-0.2, 0) is 22.4 Å². The quantitative estimate of drug-likeness (QED) is 0.792. The Balaban J connectivity index is 2.27. The van der Waals surface area contributed by atoms with Crippen LogP contribution in [0.5, 0.6) is 0 Å². The summed E-state index contributed by atoms with van der Waals surface area (Å²) >= 11 is 7.18. The first-order valence-electron chi connectivity index (χ1n) is 5.96. The number of thiophene rings is 1. The highest BCUT2D eigenvalue weighted by molar-refractivity contribution is 7.89. The van der Waals surface area contributed by atoms with Gasteiger partial charge >= 0.3 is 0 Å². The summed E-state index contributed by atoms with van der Waals surface area (Å²) in [6.45, 7) is 2.04. The molecule has 0 radical (unpaired) electrons. The molecule has 4 nitrogen and oxygen atoms in total. The molecular weight excluding hydrogens is 316 g/mol. The second kappa shape index (κ2) is 6.22. The van der Waals surface area contributed by atoms with E-state index in [-0.39, 0.29) is 6.54 Å². The Morgan fingerprint density at radius 2 is 2.15 bits per heavy atom. The smallest absolute Gasteiger partial charge is 0.244 e. The third-order valence-electron chi connectivity index (χ3n) is 2.85. The van der Waals surface area contributed by atoms with Crippen molar-refractivity contribution in [2.75, 3.05) is 7.05 Å². The van der Waals surface area contributed by atoms with Gasteiger partial charge in [0.25, 0.3) is 0 Å². The number of halogens is 1. The van der Waals surface area contributed by atoms with Crippen molar-refractivity contribution < 1.29 is 8.42 Å². The lowest BCUT2D eigenvalue weighted by Crippen LogP contribution is -2.27. The molecule has 108 valence electrons. The van der Waals surface area contributed by atoms with Crippen molar-refractivity contribution in [2.45, 2.75) is 24.2 Å². The van der Waals surface area contributed by atoms with Gasteiger partial charge in [0.15, 0.2) is 0 Å². The first-order chi connectivity index (χ1) is 9.45. The van der Waals surface area contributed by atoms with Gasteiger partial charge in [-0.25, -0.2) is 8.42 Å². The molecule has 2 heterocycles. The minimum atomic E-state index is -3.51. The average molecular weight is 331 g/mol. The fourth-order valence-electron chi connectivity index (χ4n) is 1.82. The summed E-state index contributed by atoms with van der Waals surface area (Å²) in [6.07, 6.45) is 1.65. The highest BCUT2D eigenvalue weighted by atomic mass is 35.5. The average Bonchev–Trinajstić information content (AvgIpc) is 2.82. The molecule has 20 heavy (non-hydrogen) atoms. The van der Waals surface area contributed by atoms with Crippen molar-refractivity contribution in [3.63, 3.8) is 0 Å². The minimum Gasteiger partial charge on any atom is -0.260 e. The largest absolute Gasteiger partial charge is 0.260 e. The van der Waals surface area contributed by atoms with Crippen LogP contribution < -0.4 is 0 Å². The molecule has 0 fully saturated rings. The van der Waals surface area contributed by atoms with Crippen LogP contribution in [0.4, 0.5) is 0 Å². The monoisotopic (exact) mass is 330 g/mol. The van der Waals surface area contributed by atoms with E-state index in [1.807, 2.05) is 6.07 Å². The summed E-state index contributed by atoms with van der Waals surface area (Å²) in [5, 5.41) is 0. The molecule has 0 atom stereocenters.